The third kappa shape index (κ3) is 4.85. The molecule has 0 spiro atoms. The molecule has 1 fully saturated rings. The van der Waals surface area contributed by atoms with Gasteiger partial charge in [0, 0.05) is 12.1 Å². The second-order valence-corrected chi connectivity index (χ2v) is 7.85. The molecule has 1 aliphatic heterocycles. The van der Waals surface area contributed by atoms with Crippen molar-refractivity contribution in [3.63, 3.8) is 0 Å². The molecule has 2 aromatic carbocycles. The van der Waals surface area contributed by atoms with E-state index in [1.807, 2.05) is 24.3 Å². The van der Waals surface area contributed by atoms with E-state index in [1.54, 1.807) is 0 Å². The lowest BCUT2D eigenvalue weighted by atomic mass is 10.1. The predicted molar refractivity (Wildman–Crippen MR) is 92.1 cm³/mol. The molecule has 0 atom stereocenters. The number of hydrogen-bond donors (Lipinski definition) is 2. The number of nitrogens with one attached hydrogen (secondary N) is 2. The Kier molecular flexibility index (Phi) is 5.80. The van der Waals surface area contributed by atoms with Crippen molar-refractivity contribution in [2.75, 3.05) is 26.3 Å². The molecule has 1 heterocycles. The summed E-state index contributed by atoms with van der Waals surface area (Å²) < 4.78 is 45.7. The van der Waals surface area contributed by atoms with Gasteiger partial charge in [-0.25, -0.2) is 17.5 Å². The minimum Gasteiger partial charge on any atom is -0.370 e. The first-order valence-corrected chi connectivity index (χ1v) is 9.76. The van der Waals surface area contributed by atoms with Crippen LogP contribution in [0.1, 0.15) is 11.1 Å². The lowest BCUT2D eigenvalue weighted by molar-refractivity contribution is -0.921. The average molecular weight is 365 g/mol. The summed E-state index contributed by atoms with van der Waals surface area (Å²) in [5.74, 6) is -0.460. The second kappa shape index (κ2) is 8.05. The molecular formula is C18H22FN2O3S+. The van der Waals surface area contributed by atoms with Crippen molar-refractivity contribution in [2.24, 2.45) is 0 Å². The van der Waals surface area contributed by atoms with Gasteiger partial charge in [0.25, 0.3) is 0 Å². The van der Waals surface area contributed by atoms with E-state index in [-0.39, 0.29) is 11.4 Å². The Hall–Kier alpha value is -1.80. The minimum atomic E-state index is -3.67. The Labute approximate surface area is 147 Å². The molecule has 2 aromatic rings. The Morgan fingerprint density at radius 2 is 1.64 bits per heavy atom. The van der Waals surface area contributed by atoms with E-state index in [1.165, 1.54) is 17.0 Å². The molecule has 2 N–H and O–H groups in total. The highest BCUT2D eigenvalue weighted by Gasteiger charge is 2.18. The van der Waals surface area contributed by atoms with E-state index in [0.717, 1.165) is 56.1 Å². The fourth-order valence-corrected chi connectivity index (χ4v) is 3.89. The molecule has 1 saturated heterocycles. The van der Waals surface area contributed by atoms with Gasteiger partial charge in [-0.2, -0.15) is 0 Å². The Morgan fingerprint density at radius 1 is 1.00 bits per heavy atom. The fourth-order valence-electron chi connectivity index (χ4n) is 2.88. The highest BCUT2D eigenvalue weighted by atomic mass is 32.2. The number of morpholine rings is 1. The largest absolute Gasteiger partial charge is 0.370 e. The van der Waals surface area contributed by atoms with Crippen molar-refractivity contribution in [3.8, 4) is 0 Å². The van der Waals surface area contributed by atoms with Crippen molar-refractivity contribution in [2.45, 2.75) is 18.0 Å². The topological polar surface area (TPSA) is 59.8 Å². The van der Waals surface area contributed by atoms with Crippen LogP contribution in [-0.2, 0) is 27.8 Å². The number of halogens is 1. The molecule has 0 radical (unpaired) electrons. The number of ether oxygens (including phenoxy) is 1. The van der Waals surface area contributed by atoms with Crippen LogP contribution in [-0.4, -0.2) is 34.7 Å². The van der Waals surface area contributed by atoms with Gasteiger partial charge in [-0.05, 0) is 29.8 Å². The van der Waals surface area contributed by atoms with Crippen LogP contribution < -0.4 is 9.62 Å². The van der Waals surface area contributed by atoms with Crippen molar-refractivity contribution < 1.29 is 22.4 Å². The summed E-state index contributed by atoms with van der Waals surface area (Å²) in [5.41, 5.74) is 2.08. The quantitative estimate of drug-likeness (QED) is 0.793. The Bertz CT molecular complexity index is 803. The molecule has 5 nitrogen and oxygen atoms in total. The normalized spacial score (nSPS) is 16.0. The Morgan fingerprint density at radius 3 is 2.32 bits per heavy atom. The van der Waals surface area contributed by atoms with Crippen molar-refractivity contribution >= 4 is 10.0 Å². The fraction of sp³-hybridized carbons (Fsp3) is 0.333. The maximum absolute atomic E-state index is 13.0. The maximum atomic E-state index is 13.0. The molecule has 1 aliphatic rings. The molecule has 0 amide bonds. The third-order valence-corrected chi connectivity index (χ3v) is 5.75. The molecule has 0 aromatic heterocycles. The summed E-state index contributed by atoms with van der Waals surface area (Å²) in [7, 11) is -3.67. The van der Waals surface area contributed by atoms with E-state index in [2.05, 4.69) is 4.72 Å². The second-order valence-electron chi connectivity index (χ2n) is 6.09. The Balaban J connectivity index is 1.69. The summed E-state index contributed by atoms with van der Waals surface area (Å²) in [5, 5.41) is 0. The zero-order valence-corrected chi connectivity index (χ0v) is 14.7. The van der Waals surface area contributed by atoms with Crippen molar-refractivity contribution in [1.29, 1.82) is 0 Å². The van der Waals surface area contributed by atoms with Crippen LogP contribution in [0.2, 0.25) is 0 Å². The number of hydrogen-bond acceptors (Lipinski definition) is 3. The number of benzene rings is 2. The van der Waals surface area contributed by atoms with Crippen LogP contribution in [0.25, 0.3) is 0 Å². The highest BCUT2D eigenvalue weighted by Crippen LogP contribution is 2.12. The molecule has 3 rings (SSSR count). The maximum Gasteiger partial charge on any atom is 0.240 e. The van der Waals surface area contributed by atoms with E-state index >= 15 is 0 Å². The molecular weight excluding hydrogens is 343 g/mol. The van der Waals surface area contributed by atoms with Gasteiger partial charge < -0.3 is 9.64 Å². The molecule has 0 aliphatic carbocycles. The van der Waals surface area contributed by atoms with Crippen molar-refractivity contribution in [1.82, 2.24) is 4.72 Å². The zero-order valence-electron chi connectivity index (χ0n) is 13.9. The van der Waals surface area contributed by atoms with Gasteiger partial charge >= 0.3 is 0 Å². The number of sulfonamides is 1. The number of quaternary nitrogens is 1. The summed E-state index contributed by atoms with van der Waals surface area (Å²) in [4.78, 5) is 1.49. The smallest absolute Gasteiger partial charge is 0.240 e. The van der Waals surface area contributed by atoms with Gasteiger partial charge in [0.05, 0.1) is 18.1 Å². The van der Waals surface area contributed by atoms with Gasteiger partial charge in [-0.3, -0.25) is 0 Å². The van der Waals surface area contributed by atoms with Gasteiger partial charge in [0.15, 0.2) is 0 Å². The first-order valence-electron chi connectivity index (χ1n) is 8.28. The van der Waals surface area contributed by atoms with E-state index in [4.69, 9.17) is 4.74 Å². The summed E-state index contributed by atoms with van der Waals surface area (Å²) in [6.07, 6.45) is 0. The van der Waals surface area contributed by atoms with Crippen LogP contribution in [0, 0.1) is 5.82 Å². The van der Waals surface area contributed by atoms with Crippen LogP contribution in [0.15, 0.2) is 53.4 Å². The lowest BCUT2D eigenvalue weighted by Gasteiger charge is -2.24. The first kappa shape index (κ1) is 18.0. The summed E-state index contributed by atoms with van der Waals surface area (Å²) >= 11 is 0. The van der Waals surface area contributed by atoms with E-state index < -0.39 is 15.8 Å². The van der Waals surface area contributed by atoms with E-state index in [0.29, 0.717) is 0 Å². The van der Waals surface area contributed by atoms with E-state index in [9.17, 15) is 12.8 Å². The minimum absolute atomic E-state index is 0.0604. The van der Waals surface area contributed by atoms with Crippen LogP contribution in [0.3, 0.4) is 0 Å². The summed E-state index contributed by atoms with van der Waals surface area (Å²) in [6, 6.07) is 12.6. The summed E-state index contributed by atoms with van der Waals surface area (Å²) in [6.45, 7) is 4.48. The van der Waals surface area contributed by atoms with Gasteiger partial charge in [0.1, 0.15) is 25.5 Å². The molecule has 0 unspecified atom stereocenters. The SMILES string of the molecule is O=S(=O)(NCc1ccccc1C[NH+]1CCOCC1)c1ccc(F)cc1. The van der Waals surface area contributed by atoms with Crippen LogP contribution in [0.5, 0.6) is 0 Å². The van der Waals surface area contributed by atoms with Gasteiger partial charge in [0.2, 0.25) is 10.0 Å². The number of rotatable bonds is 6. The zero-order chi connectivity index (χ0) is 17.7. The van der Waals surface area contributed by atoms with Crippen LogP contribution >= 0.6 is 0 Å². The standard InChI is InChI=1S/C18H21FN2O3S/c19-17-5-7-18(8-6-17)25(22,23)20-13-15-3-1-2-4-16(15)14-21-9-11-24-12-10-21/h1-8,20H,9-14H2/p+1. The van der Waals surface area contributed by atoms with Gasteiger partial charge in [-0.15, -0.1) is 0 Å². The van der Waals surface area contributed by atoms with Crippen LogP contribution in [0.4, 0.5) is 4.39 Å². The molecule has 7 heteroatoms. The lowest BCUT2D eigenvalue weighted by Crippen LogP contribution is -3.12. The predicted octanol–water partition coefficient (Wildman–Crippen LogP) is 0.719. The molecule has 134 valence electrons. The first-order chi connectivity index (χ1) is 12.0. The third-order valence-electron chi connectivity index (χ3n) is 4.34. The average Bonchev–Trinajstić information content (AvgIpc) is 2.62. The van der Waals surface area contributed by atoms with Crippen molar-refractivity contribution in [3.05, 3.63) is 65.5 Å². The molecule has 0 saturated carbocycles. The highest BCUT2D eigenvalue weighted by molar-refractivity contribution is 7.89. The van der Waals surface area contributed by atoms with Gasteiger partial charge in [-0.1, -0.05) is 24.3 Å². The molecule has 0 bridgehead atoms. The molecule has 25 heavy (non-hydrogen) atoms. The monoisotopic (exact) mass is 365 g/mol.